The van der Waals surface area contributed by atoms with Gasteiger partial charge < -0.3 is 4.74 Å². The van der Waals surface area contributed by atoms with Crippen LogP contribution in [0.2, 0.25) is 0 Å². The molecule has 0 aliphatic carbocycles. The summed E-state index contributed by atoms with van der Waals surface area (Å²) >= 11 is 0. The molecule has 0 amide bonds. The first-order chi connectivity index (χ1) is 12.4. The van der Waals surface area contributed by atoms with Crippen molar-refractivity contribution in [2.24, 2.45) is 0 Å². The zero-order valence-electron chi connectivity index (χ0n) is 14.7. The van der Waals surface area contributed by atoms with E-state index < -0.39 is 0 Å². The highest BCUT2D eigenvalue weighted by molar-refractivity contribution is 5.69. The molecule has 3 aliphatic rings. The Hall–Kier alpha value is -2.06. The number of benzene rings is 2. The second kappa shape index (κ2) is 6.34. The van der Waals surface area contributed by atoms with Crippen molar-refractivity contribution < 1.29 is 4.74 Å². The zero-order valence-corrected chi connectivity index (χ0v) is 14.7. The summed E-state index contributed by atoms with van der Waals surface area (Å²) in [6, 6.07) is 19.0. The van der Waals surface area contributed by atoms with E-state index in [1.54, 1.807) is 5.57 Å². The fourth-order valence-corrected chi connectivity index (χ4v) is 4.76. The number of ether oxygens (including phenoxy) is 1. The van der Waals surface area contributed by atoms with E-state index in [1.165, 1.54) is 42.4 Å². The average Bonchev–Trinajstić information content (AvgIpc) is 3.10. The minimum atomic E-state index is 0.590. The van der Waals surface area contributed by atoms with E-state index in [9.17, 15) is 0 Å². The van der Waals surface area contributed by atoms with Crippen molar-refractivity contribution in [2.75, 3.05) is 6.61 Å². The molecule has 2 aromatic rings. The largest absolute Gasteiger partial charge is 0.493 e. The van der Waals surface area contributed by atoms with Crippen LogP contribution in [0, 0.1) is 0 Å². The molecule has 0 spiro atoms. The van der Waals surface area contributed by atoms with E-state index in [2.05, 4.69) is 59.5 Å². The lowest BCUT2D eigenvalue weighted by Crippen LogP contribution is -2.47. The minimum absolute atomic E-state index is 0.590. The van der Waals surface area contributed by atoms with E-state index in [0.29, 0.717) is 12.1 Å². The molecule has 25 heavy (non-hydrogen) atoms. The highest BCUT2D eigenvalue weighted by Gasteiger charge is 2.34. The Balaban J connectivity index is 1.42. The average molecular weight is 331 g/mol. The summed E-state index contributed by atoms with van der Waals surface area (Å²) in [4.78, 5) is 2.73. The van der Waals surface area contributed by atoms with Crippen molar-refractivity contribution in [3.05, 3.63) is 71.3 Å². The van der Waals surface area contributed by atoms with E-state index in [0.717, 1.165) is 25.3 Å². The van der Waals surface area contributed by atoms with Gasteiger partial charge >= 0.3 is 0 Å². The van der Waals surface area contributed by atoms with Gasteiger partial charge in [0.2, 0.25) is 0 Å². The van der Waals surface area contributed by atoms with Crippen LogP contribution in [0.25, 0.3) is 5.57 Å². The highest BCUT2D eigenvalue weighted by Crippen LogP contribution is 2.39. The Bertz CT molecular complexity index is 795. The van der Waals surface area contributed by atoms with Gasteiger partial charge in [-0.2, -0.15) is 0 Å². The second-order valence-corrected chi connectivity index (χ2v) is 7.63. The topological polar surface area (TPSA) is 12.5 Å². The number of rotatable bonds is 3. The van der Waals surface area contributed by atoms with Gasteiger partial charge in [-0.3, -0.25) is 4.90 Å². The predicted molar refractivity (Wildman–Crippen MR) is 102 cm³/mol. The Morgan fingerprint density at radius 1 is 1.04 bits per heavy atom. The van der Waals surface area contributed by atoms with E-state index in [4.69, 9.17) is 4.74 Å². The SMILES string of the molecule is C1=C(c2ccc3c(c2)CCO3)CC2CCCC1N2Cc1ccccc1. The summed E-state index contributed by atoms with van der Waals surface area (Å²) in [5, 5.41) is 0. The lowest BCUT2D eigenvalue weighted by molar-refractivity contribution is 0.0951. The van der Waals surface area contributed by atoms with Crippen molar-refractivity contribution >= 4 is 5.57 Å². The molecule has 5 rings (SSSR count). The molecule has 1 fully saturated rings. The van der Waals surface area contributed by atoms with Gasteiger partial charge in [-0.15, -0.1) is 0 Å². The lowest BCUT2D eigenvalue weighted by Gasteiger charge is -2.45. The number of hydrogen-bond donors (Lipinski definition) is 0. The molecule has 2 unspecified atom stereocenters. The summed E-state index contributed by atoms with van der Waals surface area (Å²) < 4.78 is 5.67. The van der Waals surface area contributed by atoms with Crippen LogP contribution in [0.5, 0.6) is 5.75 Å². The maximum Gasteiger partial charge on any atom is 0.122 e. The summed E-state index contributed by atoms with van der Waals surface area (Å²) in [6.07, 6.45) is 8.78. The second-order valence-electron chi connectivity index (χ2n) is 7.63. The molecule has 0 saturated carbocycles. The van der Waals surface area contributed by atoms with Crippen LogP contribution in [0.1, 0.15) is 42.4 Å². The van der Waals surface area contributed by atoms with E-state index in [-0.39, 0.29) is 0 Å². The molecule has 1 saturated heterocycles. The van der Waals surface area contributed by atoms with Crippen LogP contribution in [-0.4, -0.2) is 23.6 Å². The molecule has 0 aromatic heterocycles. The summed E-state index contributed by atoms with van der Waals surface area (Å²) in [5.41, 5.74) is 5.79. The van der Waals surface area contributed by atoms with Gasteiger partial charge in [0, 0.05) is 25.0 Å². The van der Waals surface area contributed by atoms with Gasteiger partial charge in [-0.25, -0.2) is 0 Å². The summed E-state index contributed by atoms with van der Waals surface area (Å²) in [5.74, 6) is 1.09. The standard InChI is InChI=1S/C23H25NO/c1-2-5-17(6-3-1)16-24-21-7-4-8-22(24)15-20(14-21)18-9-10-23-19(13-18)11-12-25-23/h1-3,5-6,9-10,13-14,21-22H,4,7-8,11-12,15-16H2. The van der Waals surface area contributed by atoms with Crippen LogP contribution in [-0.2, 0) is 13.0 Å². The van der Waals surface area contributed by atoms with Crippen LogP contribution in [0.15, 0.2) is 54.6 Å². The first-order valence-corrected chi connectivity index (χ1v) is 9.63. The Morgan fingerprint density at radius 3 is 2.84 bits per heavy atom. The maximum atomic E-state index is 5.67. The van der Waals surface area contributed by atoms with E-state index in [1.807, 2.05) is 0 Å². The minimum Gasteiger partial charge on any atom is -0.493 e. The molecule has 2 atom stereocenters. The molecule has 0 radical (unpaired) electrons. The molecule has 128 valence electrons. The molecule has 3 aliphatic heterocycles. The highest BCUT2D eigenvalue weighted by atomic mass is 16.5. The fourth-order valence-electron chi connectivity index (χ4n) is 4.76. The molecule has 2 bridgehead atoms. The number of nitrogens with zero attached hydrogens (tertiary/aromatic N) is 1. The number of hydrogen-bond acceptors (Lipinski definition) is 2. The summed E-state index contributed by atoms with van der Waals surface area (Å²) in [7, 11) is 0. The van der Waals surface area contributed by atoms with Gasteiger partial charge in [-0.1, -0.05) is 48.9 Å². The Kier molecular flexibility index (Phi) is 3.86. The molecule has 3 heterocycles. The molecule has 2 nitrogen and oxygen atoms in total. The van der Waals surface area contributed by atoms with Crippen molar-refractivity contribution in [1.29, 1.82) is 0 Å². The van der Waals surface area contributed by atoms with Crippen LogP contribution in [0.4, 0.5) is 0 Å². The van der Waals surface area contributed by atoms with Gasteiger partial charge in [-0.05, 0) is 53.7 Å². The smallest absolute Gasteiger partial charge is 0.122 e. The predicted octanol–water partition coefficient (Wildman–Crippen LogP) is 4.83. The molecular weight excluding hydrogens is 306 g/mol. The van der Waals surface area contributed by atoms with Gasteiger partial charge in [0.1, 0.15) is 5.75 Å². The van der Waals surface area contributed by atoms with Gasteiger partial charge in [0.25, 0.3) is 0 Å². The fraction of sp³-hybridized carbons (Fsp3) is 0.391. The monoisotopic (exact) mass is 331 g/mol. The van der Waals surface area contributed by atoms with E-state index >= 15 is 0 Å². The third-order valence-corrected chi connectivity index (χ3v) is 6.05. The van der Waals surface area contributed by atoms with Crippen LogP contribution < -0.4 is 4.74 Å². The van der Waals surface area contributed by atoms with Gasteiger partial charge in [0.05, 0.1) is 6.61 Å². The first kappa shape index (κ1) is 15.2. The molecule has 2 heteroatoms. The number of piperidine rings is 1. The summed E-state index contributed by atoms with van der Waals surface area (Å²) in [6.45, 7) is 1.92. The maximum absolute atomic E-state index is 5.67. The lowest BCUT2D eigenvalue weighted by atomic mass is 9.82. The van der Waals surface area contributed by atoms with Crippen molar-refractivity contribution in [3.63, 3.8) is 0 Å². The van der Waals surface area contributed by atoms with Crippen molar-refractivity contribution in [1.82, 2.24) is 4.90 Å². The quantitative estimate of drug-likeness (QED) is 0.798. The molecule has 2 aromatic carbocycles. The van der Waals surface area contributed by atoms with Crippen LogP contribution >= 0.6 is 0 Å². The zero-order chi connectivity index (χ0) is 16.6. The third kappa shape index (κ3) is 2.89. The van der Waals surface area contributed by atoms with Crippen LogP contribution in [0.3, 0.4) is 0 Å². The number of fused-ring (bicyclic) bond motifs is 3. The molecular formula is C23H25NO. The third-order valence-electron chi connectivity index (χ3n) is 6.05. The first-order valence-electron chi connectivity index (χ1n) is 9.63. The van der Waals surface area contributed by atoms with Crippen molar-refractivity contribution in [2.45, 2.75) is 50.7 Å². The van der Waals surface area contributed by atoms with Crippen molar-refractivity contribution in [3.8, 4) is 5.75 Å². The molecule has 0 N–H and O–H groups in total. The Labute approximate surface area is 150 Å². The van der Waals surface area contributed by atoms with Gasteiger partial charge in [0.15, 0.2) is 0 Å². The Morgan fingerprint density at radius 2 is 1.96 bits per heavy atom. The normalized spacial score (nSPS) is 25.2.